The van der Waals surface area contributed by atoms with Crippen LogP contribution in [0.4, 0.5) is 5.82 Å². The molecule has 0 aliphatic heterocycles. The van der Waals surface area contributed by atoms with Crippen molar-refractivity contribution in [3.05, 3.63) is 35.2 Å². The van der Waals surface area contributed by atoms with E-state index in [1.165, 1.54) is 0 Å². The Kier molecular flexibility index (Phi) is 3.75. The summed E-state index contributed by atoms with van der Waals surface area (Å²) in [5.74, 6) is 0.405. The average molecular weight is 298 g/mol. The predicted octanol–water partition coefficient (Wildman–Crippen LogP) is 1.86. The summed E-state index contributed by atoms with van der Waals surface area (Å²) in [5, 5.41) is 9.02. The molecule has 1 aliphatic carbocycles. The Hall–Kier alpha value is -2.50. The second-order valence-corrected chi connectivity index (χ2v) is 5.62. The van der Waals surface area contributed by atoms with Gasteiger partial charge in [0.05, 0.1) is 0 Å². The molecule has 0 saturated heterocycles. The number of likely N-dealkylation sites (N-methyl/N-ethyl adjacent to an activating group) is 1. The van der Waals surface area contributed by atoms with Gasteiger partial charge >= 0.3 is 5.97 Å². The molecule has 2 aromatic heterocycles. The van der Waals surface area contributed by atoms with E-state index >= 15 is 0 Å². The zero-order valence-electron chi connectivity index (χ0n) is 12.7. The van der Waals surface area contributed by atoms with E-state index in [1.54, 1.807) is 18.1 Å². The lowest BCUT2D eigenvalue weighted by atomic mass is 10.2. The Balaban J connectivity index is 2.08. The van der Waals surface area contributed by atoms with Crippen LogP contribution in [0, 0.1) is 6.92 Å². The van der Waals surface area contributed by atoms with Crippen LogP contribution in [0.25, 0.3) is 11.5 Å². The van der Waals surface area contributed by atoms with Gasteiger partial charge < -0.3 is 10.0 Å². The molecule has 2 aromatic rings. The van der Waals surface area contributed by atoms with Crippen molar-refractivity contribution in [1.29, 1.82) is 0 Å². The van der Waals surface area contributed by atoms with E-state index in [0.29, 0.717) is 11.6 Å². The van der Waals surface area contributed by atoms with E-state index in [1.807, 2.05) is 19.1 Å². The number of pyridine rings is 1. The zero-order valence-corrected chi connectivity index (χ0v) is 12.7. The molecule has 0 bridgehead atoms. The molecule has 0 atom stereocenters. The lowest BCUT2D eigenvalue weighted by Crippen LogP contribution is -2.27. The predicted molar refractivity (Wildman–Crippen MR) is 82.9 cm³/mol. The Morgan fingerprint density at radius 2 is 2.18 bits per heavy atom. The van der Waals surface area contributed by atoms with Crippen molar-refractivity contribution in [3.63, 3.8) is 0 Å². The number of fused-ring (bicyclic) bond motifs is 1. The average Bonchev–Trinajstić information content (AvgIpc) is 2.93. The fraction of sp³-hybridized carbons (Fsp3) is 0.375. The molecule has 0 radical (unpaired) electrons. The monoisotopic (exact) mass is 298 g/mol. The van der Waals surface area contributed by atoms with Crippen LogP contribution in [0.2, 0.25) is 0 Å². The number of carbonyl (C=O) groups is 1. The van der Waals surface area contributed by atoms with Crippen LogP contribution in [0.5, 0.6) is 0 Å². The normalized spacial score (nSPS) is 13.0. The molecular formula is C16H18N4O2. The second kappa shape index (κ2) is 5.71. The number of hydrogen-bond donors (Lipinski definition) is 1. The van der Waals surface area contributed by atoms with Gasteiger partial charge in [0.15, 0.2) is 5.82 Å². The minimum atomic E-state index is -0.872. The van der Waals surface area contributed by atoms with Crippen LogP contribution >= 0.6 is 0 Å². The van der Waals surface area contributed by atoms with Crippen LogP contribution in [0.15, 0.2) is 18.3 Å². The molecule has 0 fully saturated rings. The topological polar surface area (TPSA) is 79.2 Å². The number of anilines is 1. The van der Waals surface area contributed by atoms with Gasteiger partial charge in [-0.05, 0) is 43.9 Å². The molecule has 1 aliphatic rings. The Morgan fingerprint density at radius 1 is 1.36 bits per heavy atom. The van der Waals surface area contributed by atoms with E-state index < -0.39 is 5.97 Å². The number of aliphatic carboxylic acids is 1. The molecule has 2 heterocycles. The number of aryl methyl sites for hydroxylation is 2. The van der Waals surface area contributed by atoms with Gasteiger partial charge in [0.25, 0.3) is 0 Å². The van der Waals surface area contributed by atoms with Crippen molar-refractivity contribution in [1.82, 2.24) is 15.0 Å². The van der Waals surface area contributed by atoms with E-state index in [9.17, 15) is 4.79 Å². The van der Waals surface area contributed by atoms with E-state index in [-0.39, 0.29) is 6.54 Å². The number of hydrogen-bond acceptors (Lipinski definition) is 5. The highest BCUT2D eigenvalue weighted by Gasteiger charge is 2.23. The standard InChI is InChI=1S/C16H18N4O2/c1-10-6-7-17-13(8-10)15-18-12-5-3-4-11(12)16(19-15)20(2)9-14(21)22/h6-8H,3-5,9H2,1-2H3,(H,21,22). The first kappa shape index (κ1) is 14.4. The summed E-state index contributed by atoms with van der Waals surface area (Å²) in [6.07, 6.45) is 4.57. The smallest absolute Gasteiger partial charge is 0.323 e. The van der Waals surface area contributed by atoms with Crippen molar-refractivity contribution < 1.29 is 9.90 Å². The molecule has 1 N–H and O–H groups in total. The Bertz CT molecular complexity index is 730. The molecular weight excluding hydrogens is 280 g/mol. The minimum absolute atomic E-state index is 0.0792. The van der Waals surface area contributed by atoms with Gasteiger partial charge in [-0.3, -0.25) is 9.78 Å². The molecule has 6 heteroatoms. The van der Waals surface area contributed by atoms with Gasteiger partial charge in [0.1, 0.15) is 18.1 Å². The third kappa shape index (κ3) is 2.77. The molecule has 114 valence electrons. The fourth-order valence-electron chi connectivity index (χ4n) is 2.78. The van der Waals surface area contributed by atoms with Gasteiger partial charge in [0.2, 0.25) is 0 Å². The number of carboxylic acid groups (broad SMARTS) is 1. The molecule has 0 unspecified atom stereocenters. The second-order valence-electron chi connectivity index (χ2n) is 5.62. The summed E-state index contributed by atoms with van der Waals surface area (Å²) in [6.45, 7) is 1.92. The van der Waals surface area contributed by atoms with Crippen LogP contribution in [0.3, 0.4) is 0 Å². The van der Waals surface area contributed by atoms with Gasteiger partial charge in [-0.1, -0.05) is 0 Å². The van der Waals surface area contributed by atoms with Crippen molar-refractivity contribution in [2.24, 2.45) is 0 Å². The number of aromatic nitrogens is 3. The minimum Gasteiger partial charge on any atom is -0.480 e. The SMILES string of the molecule is Cc1ccnc(-c2nc3c(c(N(C)CC(=O)O)n2)CCC3)c1. The summed E-state index contributed by atoms with van der Waals surface area (Å²) in [4.78, 5) is 26.2. The largest absolute Gasteiger partial charge is 0.480 e. The summed E-state index contributed by atoms with van der Waals surface area (Å²) >= 11 is 0. The van der Waals surface area contributed by atoms with Crippen LogP contribution in [0.1, 0.15) is 23.2 Å². The van der Waals surface area contributed by atoms with Crippen molar-refractivity contribution in [3.8, 4) is 11.5 Å². The highest BCUT2D eigenvalue weighted by molar-refractivity contribution is 5.74. The first-order valence-electron chi connectivity index (χ1n) is 7.30. The Labute approximate surface area is 128 Å². The summed E-state index contributed by atoms with van der Waals surface area (Å²) in [6, 6.07) is 3.87. The third-order valence-corrected chi connectivity index (χ3v) is 3.79. The highest BCUT2D eigenvalue weighted by atomic mass is 16.4. The van der Waals surface area contributed by atoms with Gasteiger partial charge in [0, 0.05) is 24.5 Å². The van der Waals surface area contributed by atoms with Crippen LogP contribution in [-0.4, -0.2) is 39.6 Å². The van der Waals surface area contributed by atoms with Crippen molar-refractivity contribution >= 4 is 11.8 Å². The first-order chi connectivity index (χ1) is 10.5. The molecule has 0 saturated carbocycles. The van der Waals surface area contributed by atoms with Crippen molar-refractivity contribution in [2.45, 2.75) is 26.2 Å². The zero-order chi connectivity index (χ0) is 15.7. The molecule has 0 aromatic carbocycles. The molecule has 22 heavy (non-hydrogen) atoms. The fourth-order valence-corrected chi connectivity index (χ4v) is 2.78. The first-order valence-corrected chi connectivity index (χ1v) is 7.30. The highest BCUT2D eigenvalue weighted by Crippen LogP contribution is 2.30. The molecule has 6 nitrogen and oxygen atoms in total. The summed E-state index contributed by atoms with van der Waals surface area (Å²) < 4.78 is 0. The molecule has 0 spiro atoms. The van der Waals surface area contributed by atoms with Gasteiger partial charge in [-0.25, -0.2) is 9.97 Å². The maximum atomic E-state index is 11.0. The molecule has 3 rings (SSSR count). The number of nitrogens with zero attached hydrogens (tertiary/aromatic N) is 4. The third-order valence-electron chi connectivity index (χ3n) is 3.79. The number of rotatable bonds is 4. The van der Waals surface area contributed by atoms with Gasteiger partial charge in [-0.2, -0.15) is 0 Å². The quantitative estimate of drug-likeness (QED) is 0.928. The lowest BCUT2D eigenvalue weighted by Gasteiger charge is -2.19. The van der Waals surface area contributed by atoms with Crippen molar-refractivity contribution in [2.75, 3.05) is 18.5 Å². The van der Waals surface area contributed by atoms with Gasteiger partial charge in [-0.15, -0.1) is 0 Å². The van der Waals surface area contributed by atoms with E-state index in [4.69, 9.17) is 5.11 Å². The maximum absolute atomic E-state index is 11.0. The maximum Gasteiger partial charge on any atom is 0.323 e. The van der Waals surface area contributed by atoms with E-state index in [2.05, 4.69) is 15.0 Å². The molecule has 0 amide bonds. The Morgan fingerprint density at radius 3 is 2.91 bits per heavy atom. The van der Waals surface area contributed by atoms with Crippen LogP contribution < -0.4 is 4.90 Å². The lowest BCUT2D eigenvalue weighted by molar-refractivity contribution is -0.135. The van der Waals surface area contributed by atoms with Crippen LogP contribution in [-0.2, 0) is 17.6 Å². The number of carboxylic acids is 1. The summed E-state index contributed by atoms with van der Waals surface area (Å²) in [7, 11) is 1.75. The van der Waals surface area contributed by atoms with E-state index in [0.717, 1.165) is 41.8 Å². The summed E-state index contributed by atoms with van der Waals surface area (Å²) in [5.41, 5.74) is 3.90.